The second kappa shape index (κ2) is 7.63. The molecule has 4 aromatic rings. The lowest BCUT2D eigenvalue weighted by atomic mass is 10.1. The highest BCUT2D eigenvalue weighted by Gasteiger charge is 2.08. The van der Waals surface area contributed by atoms with E-state index >= 15 is 0 Å². The van der Waals surface area contributed by atoms with Crippen LogP contribution in [0.25, 0.3) is 11.0 Å². The van der Waals surface area contributed by atoms with Crippen molar-refractivity contribution in [1.29, 1.82) is 0 Å². The fraction of sp³-hybridized carbons (Fsp3) is 0.0952. The third-order valence-electron chi connectivity index (χ3n) is 4.12. The van der Waals surface area contributed by atoms with Crippen LogP contribution in [0.3, 0.4) is 0 Å². The van der Waals surface area contributed by atoms with Gasteiger partial charge >= 0.3 is 0 Å². The number of aromatic nitrogens is 3. The first kappa shape index (κ1) is 17.3. The number of carbonyl (C=O) groups is 1. The summed E-state index contributed by atoms with van der Waals surface area (Å²) >= 11 is 1.64. The number of amides is 1. The molecule has 0 unspecified atom stereocenters. The predicted octanol–water partition coefficient (Wildman–Crippen LogP) is 4.81. The minimum Gasteiger partial charge on any atom is -0.333 e. The molecule has 0 saturated heterocycles. The molecule has 27 heavy (non-hydrogen) atoms. The molecule has 2 aromatic carbocycles. The van der Waals surface area contributed by atoms with Crippen molar-refractivity contribution in [1.82, 2.24) is 15.0 Å². The quantitative estimate of drug-likeness (QED) is 0.492. The highest BCUT2D eigenvalue weighted by molar-refractivity contribution is 7.98. The van der Waals surface area contributed by atoms with Gasteiger partial charge in [0.1, 0.15) is 5.82 Å². The third kappa shape index (κ3) is 4.17. The lowest BCUT2D eigenvalue weighted by Crippen LogP contribution is -2.12. The molecule has 2 aromatic heterocycles. The molecule has 0 atom stereocenters. The largest absolute Gasteiger partial charge is 0.333 e. The molecule has 134 valence electrons. The maximum absolute atomic E-state index is 12.3. The molecule has 2 N–H and O–H groups in total. The highest BCUT2D eigenvalue weighted by Crippen LogP contribution is 2.23. The van der Waals surface area contributed by atoms with Crippen LogP contribution in [0.2, 0.25) is 0 Å². The maximum atomic E-state index is 12.3. The predicted molar refractivity (Wildman–Crippen MR) is 109 cm³/mol. The molecule has 5 nitrogen and oxygen atoms in total. The van der Waals surface area contributed by atoms with E-state index in [9.17, 15) is 4.79 Å². The Morgan fingerprint density at radius 3 is 2.70 bits per heavy atom. The fourth-order valence-corrected chi connectivity index (χ4v) is 3.54. The lowest BCUT2D eigenvalue weighted by Gasteiger charge is -2.06. The number of hydrogen-bond acceptors (Lipinski definition) is 4. The number of benzene rings is 2. The number of aryl methyl sites for hydroxylation is 1. The first-order chi connectivity index (χ1) is 13.2. The van der Waals surface area contributed by atoms with Crippen LogP contribution < -0.4 is 5.32 Å². The third-order valence-corrected chi connectivity index (χ3v) is 5.06. The molecule has 0 fully saturated rings. The average molecular weight is 374 g/mol. The lowest BCUT2D eigenvalue weighted by molar-refractivity contribution is 0.102. The summed E-state index contributed by atoms with van der Waals surface area (Å²) in [4.78, 5) is 24.4. The summed E-state index contributed by atoms with van der Waals surface area (Å²) < 4.78 is 0. The van der Waals surface area contributed by atoms with E-state index in [4.69, 9.17) is 0 Å². The molecule has 0 radical (unpaired) electrons. The van der Waals surface area contributed by atoms with Gasteiger partial charge < -0.3 is 10.3 Å². The van der Waals surface area contributed by atoms with Crippen LogP contribution in [0.5, 0.6) is 0 Å². The van der Waals surface area contributed by atoms with Crippen LogP contribution in [0.4, 0.5) is 5.82 Å². The molecular formula is C21H18N4OS. The Kier molecular flexibility index (Phi) is 4.89. The number of rotatable bonds is 5. The number of nitrogens with one attached hydrogen (secondary N) is 2. The summed E-state index contributed by atoms with van der Waals surface area (Å²) in [6, 6.07) is 19.3. The number of H-pyrrole nitrogens is 1. The summed E-state index contributed by atoms with van der Waals surface area (Å²) in [5.74, 6) is 1.18. The van der Waals surface area contributed by atoms with Gasteiger partial charge in [0.05, 0.1) is 11.0 Å². The number of aromatic amines is 1. The van der Waals surface area contributed by atoms with Crippen molar-refractivity contribution in [2.45, 2.75) is 17.8 Å². The number of hydrogen-bond donors (Lipinski definition) is 2. The number of pyridine rings is 1. The molecule has 0 spiro atoms. The van der Waals surface area contributed by atoms with Crippen molar-refractivity contribution in [3.05, 3.63) is 83.6 Å². The molecule has 6 heteroatoms. The van der Waals surface area contributed by atoms with E-state index in [0.29, 0.717) is 11.4 Å². The van der Waals surface area contributed by atoms with Gasteiger partial charge in [0.25, 0.3) is 5.91 Å². The number of anilines is 1. The van der Waals surface area contributed by atoms with Crippen molar-refractivity contribution in [3.8, 4) is 0 Å². The van der Waals surface area contributed by atoms with Crippen molar-refractivity contribution in [3.63, 3.8) is 0 Å². The molecule has 0 aliphatic carbocycles. The van der Waals surface area contributed by atoms with Gasteiger partial charge in [0, 0.05) is 17.5 Å². The zero-order valence-electron chi connectivity index (χ0n) is 14.8. The van der Waals surface area contributed by atoms with Crippen LogP contribution in [0.15, 0.2) is 72.0 Å². The zero-order valence-corrected chi connectivity index (χ0v) is 15.6. The standard InChI is InChI=1S/C21H18N4OS/c1-14-10-11-22-19(12-14)25-20(26)16-8-6-15(7-9-16)13-27-21-23-17-4-2-3-5-18(17)24-21/h2-12H,13H2,1H3,(H,23,24)(H,22,25,26). The van der Waals surface area contributed by atoms with Gasteiger partial charge in [-0.2, -0.15) is 0 Å². The Labute approximate surface area is 161 Å². The van der Waals surface area contributed by atoms with Crippen molar-refractivity contribution < 1.29 is 4.79 Å². The summed E-state index contributed by atoms with van der Waals surface area (Å²) in [6.45, 7) is 1.96. The Hall–Kier alpha value is -3.12. The number of fused-ring (bicyclic) bond motifs is 1. The number of imidazole rings is 1. The molecule has 0 aliphatic heterocycles. The smallest absolute Gasteiger partial charge is 0.256 e. The topological polar surface area (TPSA) is 70.7 Å². The summed E-state index contributed by atoms with van der Waals surface area (Å²) in [5.41, 5.74) is 4.80. The summed E-state index contributed by atoms with van der Waals surface area (Å²) in [6.07, 6.45) is 1.68. The first-order valence-electron chi connectivity index (χ1n) is 8.58. The fourth-order valence-electron chi connectivity index (χ4n) is 2.69. The molecular weight excluding hydrogens is 356 g/mol. The van der Waals surface area contributed by atoms with Gasteiger partial charge in [0.2, 0.25) is 0 Å². The highest BCUT2D eigenvalue weighted by atomic mass is 32.2. The second-order valence-electron chi connectivity index (χ2n) is 6.22. The van der Waals surface area contributed by atoms with E-state index in [0.717, 1.165) is 33.1 Å². The number of carbonyl (C=O) groups excluding carboxylic acids is 1. The minimum atomic E-state index is -0.162. The Balaban J connectivity index is 1.38. The van der Waals surface area contributed by atoms with Gasteiger partial charge in [-0.1, -0.05) is 36.0 Å². The number of para-hydroxylation sites is 2. The van der Waals surface area contributed by atoms with Crippen molar-refractivity contribution >= 4 is 34.5 Å². The van der Waals surface area contributed by atoms with E-state index in [1.165, 1.54) is 0 Å². The van der Waals surface area contributed by atoms with Crippen molar-refractivity contribution in [2.24, 2.45) is 0 Å². The summed E-state index contributed by atoms with van der Waals surface area (Å²) in [5, 5.41) is 3.71. The van der Waals surface area contributed by atoms with Gasteiger partial charge in [-0.25, -0.2) is 9.97 Å². The normalized spacial score (nSPS) is 10.9. The van der Waals surface area contributed by atoms with Gasteiger partial charge in [-0.15, -0.1) is 0 Å². The molecule has 0 aliphatic rings. The van der Waals surface area contributed by atoms with E-state index in [1.807, 2.05) is 67.6 Å². The monoisotopic (exact) mass is 374 g/mol. The molecule has 0 bridgehead atoms. The summed E-state index contributed by atoms with van der Waals surface area (Å²) in [7, 11) is 0. The second-order valence-corrected chi connectivity index (χ2v) is 7.18. The van der Waals surface area contributed by atoms with Crippen LogP contribution >= 0.6 is 11.8 Å². The van der Waals surface area contributed by atoms with Gasteiger partial charge in [-0.05, 0) is 54.4 Å². The van der Waals surface area contributed by atoms with E-state index < -0.39 is 0 Å². The zero-order chi connectivity index (χ0) is 18.6. The number of nitrogens with zero attached hydrogens (tertiary/aromatic N) is 2. The van der Waals surface area contributed by atoms with E-state index in [1.54, 1.807) is 18.0 Å². The number of thioether (sulfide) groups is 1. The molecule has 0 saturated carbocycles. The Bertz CT molecular complexity index is 1060. The average Bonchev–Trinajstić information content (AvgIpc) is 3.10. The van der Waals surface area contributed by atoms with Crippen LogP contribution in [-0.4, -0.2) is 20.9 Å². The van der Waals surface area contributed by atoms with E-state index in [2.05, 4.69) is 20.3 Å². The maximum Gasteiger partial charge on any atom is 0.256 e. The molecule has 1 amide bonds. The van der Waals surface area contributed by atoms with Crippen molar-refractivity contribution in [2.75, 3.05) is 5.32 Å². The van der Waals surface area contributed by atoms with Gasteiger partial charge in [0.15, 0.2) is 5.16 Å². The van der Waals surface area contributed by atoms with Gasteiger partial charge in [-0.3, -0.25) is 4.79 Å². The van der Waals surface area contributed by atoms with E-state index in [-0.39, 0.29) is 5.91 Å². The van der Waals surface area contributed by atoms with Crippen LogP contribution in [0, 0.1) is 6.92 Å². The Morgan fingerprint density at radius 2 is 1.93 bits per heavy atom. The van der Waals surface area contributed by atoms with Crippen LogP contribution in [0.1, 0.15) is 21.5 Å². The minimum absolute atomic E-state index is 0.162. The Morgan fingerprint density at radius 1 is 1.11 bits per heavy atom. The first-order valence-corrected chi connectivity index (χ1v) is 9.56. The molecule has 2 heterocycles. The molecule has 4 rings (SSSR count). The van der Waals surface area contributed by atoms with Crippen LogP contribution in [-0.2, 0) is 5.75 Å². The SMILES string of the molecule is Cc1ccnc(NC(=O)c2ccc(CSc3nc4ccccc4[nH]3)cc2)c1.